The molecular formula is C18H17ClN4O. The molecule has 4 rings (SSSR count). The van der Waals surface area contributed by atoms with E-state index in [-0.39, 0.29) is 5.91 Å². The fourth-order valence-corrected chi connectivity index (χ4v) is 3.37. The second-order valence-electron chi connectivity index (χ2n) is 6.06. The molecule has 0 atom stereocenters. The van der Waals surface area contributed by atoms with E-state index in [1.807, 2.05) is 29.2 Å². The van der Waals surface area contributed by atoms with E-state index in [9.17, 15) is 4.79 Å². The monoisotopic (exact) mass is 340 g/mol. The van der Waals surface area contributed by atoms with Crippen LogP contribution in [0.5, 0.6) is 0 Å². The number of hydrogen-bond donors (Lipinski definition) is 1. The van der Waals surface area contributed by atoms with Crippen molar-refractivity contribution in [1.29, 1.82) is 0 Å². The zero-order valence-corrected chi connectivity index (χ0v) is 13.8. The van der Waals surface area contributed by atoms with E-state index in [1.165, 1.54) is 0 Å². The quantitative estimate of drug-likeness (QED) is 0.774. The van der Waals surface area contributed by atoms with Crippen LogP contribution in [0.1, 0.15) is 35.1 Å². The van der Waals surface area contributed by atoms with Gasteiger partial charge in [0.2, 0.25) is 0 Å². The number of piperidine rings is 1. The first kappa shape index (κ1) is 15.1. The Bertz CT molecular complexity index is 850. The van der Waals surface area contributed by atoms with Gasteiger partial charge in [-0.05, 0) is 37.1 Å². The molecule has 24 heavy (non-hydrogen) atoms. The van der Waals surface area contributed by atoms with Crippen molar-refractivity contribution >= 4 is 28.5 Å². The van der Waals surface area contributed by atoms with Crippen LogP contribution in [-0.4, -0.2) is 38.8 Å². The smallest absolute Gasteiger partial charge is 0.272 e. The summed E-state index contributed by atoms with van der Waals surface area (Å²) >= 11 is 5.95. The Hall–Kier alpha value is -2.40. The van der Waals surface area contributed by atoms with Gasteiger partial charge < -0.3 is 9.88 Å². The summed E-state index contributed by atoms with van der Waals surface area (Å²) in [5, 5.41) is 0.533. The average molecular weight is 341 g/mol. The van der Waals surface area contributed by atoms with Crippen LogP contribution >= 0.6 is 11.6 Å². The lowest BCUT2D eigenvalue weighted by Crippen LogP contribution is -2.38. The number of carbonyl (C=O) groups is 1. The maximum atomic E-state index is 12.5. The molecule has 1 aliphatic heterocycles. The minimum absolute atomic E-state index is 0.0550. The predicted octanol–water partition coefficient (Wildman–Crippen LogP) is 3.63. The molecule has 1 fully saturated rings. The fraction of sp³-hybridized carbons (Fsp3) is 0.278. The lowest BCUT2D eigenvalue weighted by Gasteiger charge is -2.30. The first-order valence-electron chi connectivity index (χ1n) is 8.06. The van der Waals surface area contributed by atoms with Gasteiger partial charge in [-0.1, -0.05) is 23.7 Å². The standard InChI is InChI=1S/C18H17ClN4O/c19-13-5-8-20-16(11-13)18(24)23-9-6-12(7-10-23)17-21-14-3-1-2-4-15(14)22-17/h1-5,8,11-12H,6-7,9-10H2,(H,21,22). The van der Waals surface area contributed by atoms with Gasteiger partial charge in [-0.3, -0.25) is 9.78 Å². The third-order valence-electron chi connectivity index (χ3n) is 4.52. The maximum absolute atomic E-state index is 12.5. The number of halogens is 1. The zero-order valence-electron chi connectivity index (χ0n) is 13.1. The van der Waals surface area contributed by atoms with Crippen LogP contribution in [0.2, 0.25) is 5.02 Å². The molecule has 0 radical (unpaired) electrons. The number of carbonyl (C=O) groups excluding carboxylic acids is 1. The molecule has 1 aromatic carbocycles. The number of likely N-dealkylation sites (tertiary alicyclic amines) is 1. The molecule has 1 amide bonds. The van der Waals surface area contributed by atoms with Crippen molar-refractivity contribution < 1.29 is 4.79 Å². The Kier molecular flexibility index (Phi) is 3.94. The molecule has 0 saturated carbocycles. The third-order valence-corrected chi connectivity index (χ3v) is 4.75. The highest BCUT2D eigenvalue weighted by atomic mass is 35.5. The maximum Gasteiger partial charge on any atom is 0.272 e. The van der Waals surface area contributed by atoms with Gasteiger partial charge >= 0.3 is 0 Å². The number of pyridine rings is 1. The molecule has 2 aromatic heterocycles. The second kappa shape index (κ2) is 6.24. The minimum atomic E-state index is -0.0550. The minimum Gasteiger partial charge on any atom is -0.342 e. The molecule has 122 valence electrons. The van der Waals surface area contributed by atoms with E-state index >= 15 is 0 Å². The van der Waals surface area contributed by atoms with Crippen LogP contribution in [0.3, 0.4) is 0 Å². The molecule has 3 aromatic rings. The summed E-state index contributed by atoms with van der Waals surface area (Å²) in [4.78, 5) is 26.6. The molecule has 1 aliphatic rings. The summed E-state index contributed by atoms with van der Waals surface area (Å²) in [7, 11) is 0. The number of para-hydroxylation sites is 2. The van der Waals surface area contributed by atoms with Gasteiger partial charge in [0.05, 0.1) is 11.0 Å². The SMILES string of the molecule is O=C(c1cc(Cl)ccn1)N1CCC(c2nc3ccccc3[nH]2)CC1. The Morgan fingerprint density at radius 3 is 2.75 bits per heavy atom. The van der Waals surface area contributed by atoms with Gasteiger partial charge in [0.15, 0.2) is 0 Å². The van der Waals surface area contributed by atoms with E-state index < -0.39 is 0 Å². The molecule has 0 spiro atoms. The largest absolute Gasteiger partial charge is 0.342 e. The van der Waals surface area contributed by atoms with Crippen LogP contribution < -0.4 is 0 Å². The lowest BCUT2D eigenvalue weighted by atomic mass is 9.96. The zero-order chi connectivity index (χ0) is 16.5. The predicted molar refractivity (Wildman–Crippen MR) is 93.2 cm³/mol. The average Bonchev–Trinajstić information content (AvgIpc) is 3.05. The molecule has 0 bridgehead atoms. The summed E-state index contributed by atoms with van der Waals surface area (Å²) in [6.07, 6.45) is 3.36. The molecule has 0 aliphatic carbocycles. The number of fused-ring (bicyclic) bond motifs is 1. The summed E-state index contributed by atoms with van der Waals surface area (Å²) in [5.74, 6) is 1.32. The number of amides is 1. The van der Waals surface area contributed by atoms with Gasteiger partial charge in [-0.2, -0.15) is 0 Å². The number of hydrogen-bond acceptors (Lipinski definition) is 3. The van der Waals surface area contributed by atoms with Crippen LogP contribution in [-0.2, 0) is 0 Å². The normalized spacial score (nSPS) is 15.8. The number of nitrogens with one attached hydrogen (secondary N) is 1. The highest BCUT2D eigenvalue weighted by Crippen LogP contribution is 2.28. The van der Waals surface area contributed by atoms with Gasteiger partial charge in [0.25, 0.3) is 5.91 Å². The Morgan fingerprint density at radius 1 is 1.21 bits per heavy atom. The number of rotatable bonds is 2. The Morgan fingerprint density at radius 2 is 2.00 bits per heavy atom. The van der Waals surface area contributed by atoms with Crippen LogP contribution in [0.4, 0.5) is 0 Å². The third kappa shape index (κ3) is 2.87. The highest BCUT2D eigenvalue weighted by molar-refractivity contribution is 6.30. The Labute approximate surface area is 144 Å². The first-order valence-corrected chi connectivity index (χ1v) is 8.44. The number of benzene rings is 1. The number of aromatic amines is 1. The van der Waals surface area contributed by atoms with Gasteiger partial charge in [0, 0.05) is 30.2 Å². The van der Waals surface area contributed by atoms with Crippen molar-refractivity contribution in [3.05, 3.63) is 59.1 Å². The van der Waals surface area contributed by atoms with Crippen molar-refractivity contribution in [2.75, 3.05) is 13.1 Å². The summed E-state index contributed by atoms with van der Waals surface area (Å²) < 4.78 is 0. The molecule has 0 unspecified atom stereocenters. The summed E-state index contributed by atoms with van der Waals surface area (Å²) in [6.45, 7) is 1.41. The van der Waals surface area contributed by atoms with Crippen molar-refractivity contribution in [2.24, 2.45) is 0 Å². The van der Waals surface area contributed by atoms with Crippen molar-refractivity contribution in [2.45, 2.75) is 18.8 Å². The van der Waals surface area contributed by atoms with E-state index in [2.05, 4.69) is 15.0 Å². The topological polar surface area (TPSA) is 61.9 Å². The molecule has 1 saturated heterocycles. The highest BCUT2D eigenvalue weighted by Gasteiger charge is 2.26. The Balaban J connectivity index is 1.45. The van der Waals surface area contributed by atoms with E-state index in [0.717, 1.165) is 29.7 Å². The van der Waals surface area contributed by atoms with Gasteiger partial charge in [-0.15, -0.1) is 0 Å². The van der Waals surface area contributed by atoms with Gasteiger partial charge in [0.1, 0.15) is 11.5 Å². The number of imidazole rings is 1. The molecular weight excluding hydrogens is 324 g/mol. The second-order valence-corrected chi connectivity index (χ2v) is 6.50. The number of nitrogens with zero attached hydrogens (tertiary/aromatic N) is 3. The van der Waals surface area contributed by atoms with Crippen molar-refractivity contribution in [3.63, 3.8) is 0 Å². The fourth-order valence-electron chi connectivity index (χ4n) is 3.21. The van der Waals surface area contributed by atoms with Crippen molar-refractivity contribution in [3.8, 4) is 0 Å². The molecule has 6 heteroatoms. The van der Waals surface area contributed by atoms with E-state index in [1.54, 1.807) is 18.3 Å². The number of H-pyrrole nitrogens is 1. The summed E-state index contributed by atoms with van der Waals surface area (Å²) in [6, 6.07) is 11.3. The van der Waals surface area contributed by atoms with Gasteiger partial charge in [-0.25, -0.2) is 4.98 Å². The van der Waals surface area contributed by atoms with Crippen molar-refractivity contribution in [1.82, 2.24) is 19.9 Å². The number of aromatic nitrogens is 3. The molecule has 3 heterocycles. The molecule has 5 nitrogen and oxygen atoms in total. The van der Waals surface area contributed by atoms with E-state index in [0.29, 0.717) is 29.7 Å². The van der Waals surface area contributed by atoms with Crippen LogP contribution in [0, 0.1) is 0 Å². The van der Waals surface area contributed by atoms with Crippen LogP contribution in [0.25, 0.3) is 11.0 Å². The first-order chi connectivity index (χ1) is 11.7. The molecule has 1 N–H and O–H groups in total. The lowest BCUT2D eigenvalue weighted by molar-refractivity contribution is 0.0705. The van der Waals surface area contributed by atoms with E-state index in [4.69, 9.17) is 11.6 Å². The van der Waals surface area contributed by atoms with Crippen LogP contribution in [0.15, 0.2) is 42.6 Å². The summed E-state index contributed by atoms with van der Waals surface area (Å²) in [5.41, 5.74) is 2.47.